The zero-order valence-electron chi connectivity index (χ0n) is 16.2. The molecule has 30 heavy (non-hydrogen) atoms. The van der Waals surface area contributed by atoms with Crippen LogP contribution in [0.25, 0.3) is 5.65 Å². The molecule has 7 nitrogen and oxygen atoms in total. The number of aryl methyl sites for hydroxylation is 1. The molecule has 0 saturated carbocycles. The highest BCUT2D eigenvalue weighted by atomic mass is 32.2. The average Bonchev–Trinajstić information content (AvgIpc) is 3.16. The molecule has 2 aromatic carbocycles. The van der Waals surface area contributed by atoms with Gasteiger partial charge in [0.25, 0.3) is 5.91 Å². The molecule has 0 fully saturated rings. The van der Waals surface area contributed by atoms with Gasteiger partial charge in [-0.05, 0) is 48.9 Å². The van der Waals surface area contributed by atoms with Crippen molar-refractivity contribution in [3.8, 4) is 0 Å². The highest BCUT2D eigenvalue weighted by molar-refractivity contribution is 7.99. The molecule has 0 aliphatic heterocycles. The van der Waals surface area contributed by atoms with Crippen molar-refractivity contribution in [2.24, 2.45) is 0 Å². The largest absolute Gasteiger partial charge is 0.325 e. The Hall–Kier alpha value is -3.65. The third-order valence-corrected chi connectivity index (χ3v) is 5.28. The fraction of sp³-hybridized carbons (Fsp3) is 0.0909. The summed E-state index contributed by atoms with van der Waals surface area (Å²) in [6.07, 6.45) is 1.85. The summed E-state index contributed by atoms with van der Waals surface area (Å²) >= 11 is 1.28. The van der Waals surface area contributed by atoms with Crippen molar-refractivity contribution in [1.82, 2.24) is 14.6 Å². The van der Waals surface area contributed by atoms with Gasteiger partial charge in [-0.1, -0.05) is 42.1 Å². The van der Waals surface area contributed by atoms with Crippen LogP contribution in [0.3, 0.4) is 0 Å². The molecule has 4 aromatic rings. The summed E-state index contributed by atoms with van der Waals surface area (Å²) in [7, 11) is 0. The van der Waals surface area contributed by atoms with Gasteiger partial charge in [0.05, 0.1) is 17.0 Å². The average molecular weight is 417 g/mol. The third kappa shape index (κ3) is 4.49. The smallest absolute Gasteiger partial charge is 0.257 e. The molecule has 2 heterocycles. The predicted octanol–water partition coefficient (Wildman–Crippen LogP) is 4.02. The number of pyridine rings is 1. The van der Waals surface area contributed by atoms with Crippen LogP contribution in [-0.4, -0.2) is 32.2 Å². The molecule has 0 radical (unpaired) electrons. The monoisotopic (exact) mass is 417 g/mol. The number of nitrogens with one attached hydrogen (secondary N) is 2. The van der Waals surface area contributed by atoms with Gasteiger partial charge in [0.2, 0.25) is 5.91 Å². The number of nitrogens with zero attached hydrogens (tertiary/aromatic N) is 3. The highest BCUT2D eigenvalue weighted by Gasteiger charge is 2.15. The number of benzene rings is 2. The standard InChI is InChI=1S/C22H19N5O2S/c1-15-7-6-8-16(13-15)23-21(29)17-9-2-3-10-18(17)24-20(28)14-30-22-26-25-19-11-4-5-12-27(19)22/h2-13H,14H2,1H3,(H,23,29)(H,24,28). The van der Waals surface area contributed by atoms with Crippen molar-refractivity contribution >= 4 is 40.6 Å². The van der Waals surface area contributed by atoms with E-state index in [9.17, 15) is 9.59 Å². The van der Waals surface area contributed by atoms with Crippen molar-refractivity contribution in [3.63, 3.8) is 0 Å². The fourth-order valence-electron chi connectivity index (χ4n) is 2.95. The van der Waals surface area contributed by atoms with Crippen molar-refractivity contribution in [2.75, 3.05) is 16.4 Å². The van der Waals surface area contributed by atoms with Gasteiger partial charge in [0.1, 0.15) is 0 Å². The molecule has 0 aliphatic rings. The van der Waals surface area contributed by atoms with Crippen LogP contribution < -0.4 is 10.6 Å². The molecular weight excluding hydrogens is 398 g/mol. The van der Waals surface area contributed by atoms with Gasteiger partial charge in [-0.3, -0.25) is 14.0 Å². The number of fused-ring (bicyclic) bond motifs is 1. The molecule has 4 rings (SSSR count). The van der Waals surface area contributed by atoms with E-state index in [1.807, 2.05) is 60.0 Å². The number of aromatic nitrogens is 3. The maximum atomic E-state index is 12.7. The number of carbonyl (C=O) groups is 2. The molecule has 0 spiro atoms. The van der Waals surface area contributed by atoms with Crippen LogP contribution in [0.4, 0.5) is 11.4 Å². The van der Waals surface area contributed by atoms with E-state index in [2.05, 4.69) is 20.8 Å². The van der Waals surface area contributed by atoms with Gasteiger partial charge in [-0.2, -0.15) is 0 Å². The van der Waals surface area contributed by atoms with Crippen LogP contribution in [0, 0.1) is 6.92 Å². The highest BCUT2D eigenvalue weighted by Crippen LogP contribution is 2.20. The Kier molecular flexibility index (Phi) is 5.76. The first-order chi connectivity index (χ1) is 14.6. The van der Waals surface area contributed by atoms with Gasteiger partial charge >= 0.3 is 0 Å². The lowest BCUT2D eigenvalue weighted by atomic mass is 10.1. The predicted molar refractivity (Wildman–Crippen MR) is 118 cm³/mol. The minimum absolute atomic E-state index is 0.142. The van der Waals surface area contributed by atoms with Crippen LogP contribution >= 0.6 is 11.8 Å². The lowest BCUT2D eigenvalue weighted by Crippen LogP contribution is -2.19. The molecule has 0 aliphatic carbocycles. The number of anilines is 2. The topological polar surface area (TPSA) is 88.4 Å². The lowest BCUT2D eigenvalue weighted by Gasteiger charge is -2.11. The first kappa shape index (κ1) is 19.7. The second-order valence-electron chi connectivity index (χ2n) is 6.62. The Bertz CT molecular complexity index is 1220. The molecule has 150 valence electrons. The minimum atomic E-state index is -0.285. The zero-order chi connectivity index (χ0) is 20.9. The Morgan fingerprint density at radius 2 is 1.80 bits per heavy atom. The number of para-hydroxylation sites is 1. The zero-order valence-corrected chi connectivity index (χ0v) is 17.0. The molecule has 0 unspecified atom stereocenters. The number of thioether (sulfide) groups is 1. The van der Waals surface area contributed by atoms with E-state index in [0.29, 0.717) is 22.1 Å². The summed E-state index contributed by atoms with van der Waals surface area (Å²) < 4.78 is 1.82. The number of rotatable bonds is 6. The van der Waals surface area contributed by atoms with Crippen molar-refractivity contribution < 1.29 is 9.59 Å². The summed E-state index contributed by atoms with van der Waals surface area (Å²) in [5, 5.41) is 14.5. The molecule has 8 heteroatoms. The first-order valence-corrected chi connectivity index (χ1v) is 10.3. The summed E-state index contributed by atoms with van der Waals surface area (Å²) in [6, 6.07) is 20.1. The Morgan fingerprint density at radius 1 is 0.967 bits per heavy atom. The second-order valence-corrected chi connectivity index (χ2v) is 7.56. The molecule has 2 N–H and O–H groups in total. The Morgan fingerprint density at radius 3 is 2.67 bits per heavy atom. The van der Waals surface area contributed by atoms with Gasteiger partial charge in [0.15, 0.2) is 10.8 Å². The number of carbonyl (C=O) groups excluding carboxylic acids is 2. The van der Waals surface area contributed by atoms with Crippen LogP contribution in [0.15, 0.2) is 78.1 Å². The molecule has 0 saturated heterocycles. The van der Waals surface area contributed by atoms with Gasteiger partial charge < -0.3 is 10.6 Å². The van der Waals surface area contributed by atoms with Gasteiger partial charge in [-0.15, -0.1) is 10.2 Å². The van der Waals surface area contributed by atoms with Gasteiger partial charge in [-0.25, -0.2) is 0 Å². The van der Waals surface area contributed by atoms with Crippen molar-refractivity contribution in [2.45, 2.75) is 12.1 Å². The third-order valence-electron chi connectivity index (χ3n) is 4.34. The second kappa shape index (κ2) is 8.79. The summed E-state index contributed by atoms with van der Waals surface area (Å²) in [5.74, 6) is -0.375. The number of amides is 2. The molecule has 2 aromatic heterocycles. The normalized spacial score (nSPS) is 10.7. The van der Waals surface area contributed by atoms with E-state index in [-0.39, 0.29) is 17.6 Å². The Labute approximate surface area is 177 Å². The number of hydrogen-bond acceptors (Lipinski definition) is 5. The van der Waals surface area contributed by atoms with Crippen molar-refractivity contribution in [3.05, 3.63) is 84.1 Å². The van der Waals surface area contributed by atoms with E-state index in [1.54, 1.807) is 24.3 Å². The maximum absolute atomic E-state index is 12.7. The molecule has 0 bridgehead atoms. The molecule has 2 amide bonds. The maximum Gasteiger partial charge on any atom is 0.257 e. The SMILES string of the molecule is Cc1cccc(NC(=O)c2ccccc2NC(=O)CSc2nnc3ccccn23)c1. The summed E-state index contributed by atoms with van der Waals surface area (Å²) in [5.41, 5.74) is 3.32. The summed E-state index contributed by atoms with van der Waals surface area (Å²) in [6.45, 7) is 1.96. The van der Waals surface area contributed by atoms with E-state index in [1.165, 1.54) is 11.8 Å². The van der Waals surface area contributed by atoms with E-state index < -0.39 is 0 Å². The van der Waals surface area contributed by atoms with E-state index >= 15 is 0 Å². The van der Waals surface area contributed by atoms with Crippen LogP contribution in [0.5, 0.6) is 0 Å². The van der Waals surface area contributed by atoms with Crippen LogP contribution in [0.1, 0.15) is 15.9 Å². The van der Waals surface area contributed by atoms with Crippen molar-refractivity contribution in [1.29, 1.82) is 0 Å². The van der Waals surface area contributed by atoms with Gasteiger partial charge in [0, 0.05) is 11.9 Å². The fourth-order valence-corrected chi connectivity index (χ4v) is 3.67. The minimum Gasteiger partial charge on any atom is -0.325 e. The molecule has 0 atom stereocenters. The van der Waals surface area contributed by atoms with E-state index in [0.717, 1.165) is 11.2 Å². The quantitative estimate of drug-likeness (QED) is 0.463. The molecular formula is C22H19N5O2S. The lowest BCUT2D eigenvalue weighted by molar-refractivity contribution is -0.113. The van der Waals surface area contributed by atoms with E-state index in [4.69, 9.17) is 0 Å². The summed E-state index contributed by atoms with van der Waals surface area (Å²) in [4.78, 5) is 25.2. The Balaban J connectivity index is 1.43. The van der Waals surface area contributed by atoms with Crippen LogP contribution in [0.2, 0.25) is 0 Å². The van der Waals surface area contributed by atoms with Crippen LogP contribution in [-0.2, 0) is 4.79 Å². The number of hydrogen-bond donors (Lipinski definition) is 2. The first-order valence-electron chi connectivity index (χ1n) is 9.29.